The van der Waals surface area contributed by atoms with Crippen LogP contribution in [0.3, 0.4) is 0 Å². The van der Waals surface area contributed by atoms with Crippen LogP contribution in [0.25, 0.3) is 22.6 Å². The molecule has 7 heteroatoms. The Morgan fingerprint density at radius 1 is 1.21 bits per heavy atom. The molecule has 2 N–H and O–H groups in total. The standard InChI is InChI=1S/C27H31N5O2/c1-5-33-26-8-19(6-7-20(26)15-32-13-16(2)34-17(3)14-32)22-10-24-23-9-21(11-28)29-12-25(23)31-27(24)30-18(22)4/h6-10,12,16-18,30-31H,5,13-15H2,1-4H3/t16-,17+,18?. The molecule has 2 aliphatic rings. The fourth-order valence-corrected chi connectivity index (χ4v) is 5.16. The Morgan fingerprint density at radius 3 is 2.74 bits per heavy atom. The number of nitrogens with one attached hydrogen (secondary N) is 2. The van der Waals surface area contributed by atoms with E-state index in [1.54, 1.807) is 6.20 Å². The maximum atomic E-state index is 9.29. The van der Waals surface area contributed by atoms with Crippen LogP contribution in [-0.4, -0.2) is 52.8 Å². The van der Waals surface area contributed by atoms with Gasteiger partial charge in [-0.3, -0.25) is 4.90 Å². The van der Waals surface area contributed by atoms with Crippen LogP contribution in [0, 0.1) is 11.3 Å². The lowest BCUT2D eigenvalue weighted by Gasteiger charge is -2.35. The molecule has 34 heavy (non-hydrogen) atoms. The Morgan fingerprint density at radius 2 is 2.00 bits per heavy atom. The molecule has 1 saturated heterocycles. The lowest BCUT2D eigenvalue weighted by Crippen LogP contribution is -2.44. The van der Waals surface area contributed by atoms with E-state index in [9.17, 15) is 5.26 Å². The van der Waals surface area contributed by atoms with Crippen LogP contribution in [0.4, 0.5) is 5.82 Å². The summed E-state index contributed by atoms with van der Waals surface area (Å²) >= 11 is 0. The van der Waals surface area contributed by atoms with Crippen LogP contribution in [0.1, 0.15) is 50.1 Å². The molecule has 1 fully saturated rings. The molecule has 176 valence electrons. The zero-order valence-electron chi connectivity index (χ0n) is 20.2. The average molecular weight is 458 g/mol. The molecule has 0 aliphatic carbocycles. The van der Waals surface area contributed by atoms with E-state index in [1.807, 2.05) is 13.0 Å². The van der Waals surface area contributed by atoms with E-state index >= 15 is 0 Å². The summed E-state index contributed by atoms with van der Waals surface area (Å²) in [6.07, 6.45) is 4.41. The number of anilines is 1. The summed E-state index contributed by atoms with van der Waals surface area (Å²) in [5.74, 6) is 1.89. The monoisotopic (exact) mass is 457 g/mol. The fraction of sp³-hybridized carbons (Fsp3) is 0.407. The van der Waals surface area contributed by atoms with Gasteiger partial charge in [-0.25, -0.2) is 4.98 Å². The van der Waals surface area contributed by atoms with E-state index in [2.05, 4.69) is 71.3 Å². The number of H-pyrrole nitrogens is 1. The van der Waals surface area contributed by atoms with Crippen molar-refractivity contribution in [1.82, 2.24) is 14.9 Å². The molecule has 0 bridgehead atoms. The quantitative estimate of drug-likeness (QED) is 0.573. The molecule has 3 aromatic rings. The number of pyridine rings is 1. The first-order chi connectivity index (χ1) is 16.4. The minimum Gasteiger partial charge on any atom is -0.494 e. The van der Waals surface area contributed by atoms with Gasteiger partial charge in [-0.1, -0.05) is 12.1 Å². The number of benzene rings is 1. The number of nitriles is 1. The van der Waals surface area contributed by atoms with Crippen molar-refractivity contribution >= 4 is 28.4 Å². The highest BCUT2D eigenvalue weighted by Gasteiger charge is 2.25. The molecule has 0 saturated carbocycles. The van der Waals surface area contributed by atoms with Crippen molar-refractivity contribution in [3.8, 4) is 11.8 Å². The van der Waals surface area contributed by atoms with Gasteiger partial charge in [0, 0.05) is 36.1 Å². The summed E-state index contributed by atoms with van der Waals surface area (Å²) in [5, 5.41) is 13.9. The summed E-state index contributed by atoms with van der Waals surface area (Å²) in [5.41, 5.74) is 5.90. The van der Waals surface area contributed by atoms with Crippen LogP contribution in [-0.2, 0) is 11.3 Å². The SMILES string of the molecule is CCOc1cc(C2=Cc3c([nH]c4cnc(C#N)cc34)NC2C)ccc1CN1C[C@@H](C)O[C@@H](C)C1. The van der Waals surface area contributed by atoms with Gasteiger partial charge in [0.05, 0.1) is 36.6 Å². The third kappa shape index (κ3) is 4.27. The number of nitrogens with zero attached hydrogens (tertiary/aromatic N) is 3. The number of rotatable bonds is 5. The summed E-state index contributed by atoms with van der Waals surface area (Å²) in [4.78, 5) is 10.0. The predicted molar refractivity (Wildman–Crippen MR) is 135 cm³/mol. The zero-order valence-corrected chi connectivity index (χ0v) is 20.2. The van der Waals surface area contributed by atoms with Gasteiger partial charge in [-0.15, -0.1) is 0 Å². The largest absolute Gasteiger partial charge is 0.494 e. The molecular formula is C27H31N5O2. The topological polar surface area (TPSA) is 86.2 Å². The van der Waals surface area contributed by atoms with E-state index < -0.39 is 0 Å². The molecule has 0 spiro atoms. The Bertz CT molecular complexity index is 1280. The van der Waals surface area contributed by atoms with Crippen molar-refractivity contribution in [3.63, 3.8) is 0 Å². The van der Waals surface area contributed by atoms with Gasteiger partial charge in [0.2, 0.25) is 0 Å². The van der Waals surface area contributed by atoms with Crippen LogP contribution >= 0.6 is 0 Å². The van der Waals surface area contributed by atoms with Gasteiger partial charge >= 0.3 is 0 Å². The summed E-state index contributed by atoms with van der Waals surface area (Å²) < 4.78 is 12.0. The fourth-order valence-electron chi connectivity index (χ4n) is 5.16. The van der Waals surface area contributed by atoms with E-state index in [1.165, 1.54) is 11.1 Å². The van der Waals surface area contributed by atoms with Crippen LogP contribution in [0.15, 0.2) is 30.5 Å². The van der Waals surface area contributed by atoms with E-state index in [-0.39, 0.29) is 18.2 Å². The Labute approximate surface area is 200 Å². The highest BCUT2D eigenvalue weighted by molar-refractivity contribution is 6.03. The lowest BCUT2D eigenvalue weighted by atomic mass is 9.92. The number of fused-ring (bicyclic) bond motifs is 3. The molecule has 2 aliphatic heterocycles. The lowest BCUT2D eigenvalue weighted by molar-refractivity contribution is -0.0706. The molecule has 0 amide bonds. The number of hydrogen-bond acceptors (Lipinski definition) is 6. The van der Waals surface area contributed by atoms with Crippen LogP contribution in [0.2, 0.25) is 0 Å². The molecular weight excluding hydrogens is 426 g/mol. The van der Waals surface area contributed by atoms with Gasteiger partial charge < -0.3 is 19.8 Å². The second-order valence-electron chi connectivity index (χ2n) is 9.31. The third-order valence-electron chi connectivity index (χ3n) is 6.55. The molecule has 2 aromatic heterocycles. The van der Waals surface area contributed by atoms with Crippen molar-refractivity contribution in [2.24, 2.45) is 0 Å². The van der Waals surface area contributed by atoms with Gasteiger partial charge in [-0.2, -0.15) is 5.26 Å². The minimum absolute atomic E-state index is 0.116. The Balaban J connectivity index is 1.50. The number of morpholine rings is 1. The minimum atomic E-state index is 0.116. The molecule has 1 unspecified atom stereocenters. The molecule has 1 aromatic carbocycles. The van der Waals surface area contributed by atoms with Crippen molar-refractivity contribution < 1.29 is 9.47 Å². The normalized spacial score (nSPS) is 22.6. The smallest absolute Gasteiger partial charge is 0.141 e. The molecule has 7 nitrogen and oxygen atoms in total. The van der Waals surface area contributed by atoms with Crippen LogP contribution in [0.5, 0.6) is 5.75 Å². The summed E-state index contributed by atoms with van der Waals surface area (Å²) in [7, 11) is 0. The number of hydrogen-bond donors (Lipinski definition) is 2. The van der Waals surface area contributed by atoms with Crippen molar-refractivity contribution in [2.75, 3.05) is 25.0 Å². The van der Waals surface area contributed by atoms with E-state index in [0.29, 0.717) is 12.3 Å². The zero-order chi connectivity index (χ0) is 23.8. The maximum Gasteiger partial charge on any atom is 0.141 e. The van der Waals surface area contributed by atoms with Gasteiger partial charge in [0.1, 0.15) is 23.3 Å². The molecule has 4 heterocycles. The second-order valence-corrected chi connectivity index (χ2v) is 9.31. The van der Waals surface area contributed by atoms with E-state index in [4.69, 9.17) is 9.47 Å². The highest BCUT2D eigenvalue weighted by atomic mass is 16.5. The van der Waals surface area contributed by atoms with Crippen LogP contribution < -0.4 is 10.1 Å². The van der Waals surface area contributed by atoms with Gasteiger partial charge in [-0.05, 0) is 57.0 Å². The number of aromatic amines is 1. The first kappa shape index (κ1) is 22.5. The molecule has 0 radical (unpaired) electrons. The first-order valence-electron chi connectivity index (χ1n) is 12.0. The first-order valence-corrected chi connectivity index (χ1v) is 12.0. The predicted octanol–water partition coefficient (Wildman–Crippen LogP) is 4.80. The highest BCUT2D eigenvalue weighted by Crippen LogP contribution is 2.38. The summed E-state index contributed by atoms with van der Waals surface area (Å²) in [6, 6.07) is 10.7. The maximum absolute atomic E-state index is 9.29. The third-order valence-corrected chi connectivity index (χ3v) is 6.55. The number of aromatic nitrogens is 2. The Hall–Kier alpha value is -3.34. The second kappa shape index (κ2) is 9.13. The van der Waals surface area contributed by atoms with Crippen molar-refractivity contribution in [1.29, 1.82) is 5.26 Å². The van der Waals surface area contributed by atoms with Gasteiger partial charge in [0.25, 0.3) is 0 Å². The van der Waals surface area contributed by atoms with Gasteiger partial charge in [0.15, 0.2) is 0 Å². The summed E-state index contributed by atoms with van der Waals surface area (Å²) in [6.45, 7) is 11.8. The average Bonchev–Trinajstić information content (AvgIpc) is 3.15. The number of ether oxygens (including phenoxy) is 2. The molecule has 3 atom stereocenters. The Kier molecular flexibility index (Phi) is 6.03. The molecule has 5 rings (SSSR count). The van der Waals surface area contributed by atoms with Crippen molar-refractivity contribution in [2.45, 2.75) is 52.5 Å². The van der Waals surface area contributed by atoms with Crippen molar-refractivity contribution in [3.05, 3.63) is 52.8 Å². The van der Waals surface area contributed by atoms with E-state index in [0.717, 1.165) is 53.2 Å².